The third-order valence-corrected chi connectivity index (χ3v) is 2.09. The van der Waals surface area contributed by atoms with E-state index in [0.717, 1.165) is 12.0 Å². The Morgan fingerprint density at radius 2 is 2.31 bits per heavy atom. The van der Waals surface area contributed by atoms with E-state index in [0.29, 0.717) is 0 Å². The highest BCUT2D eigenvalue weighted by Gasteiger charge is 2.02. The van der Waals surface area contributed by atoms with Crippen LogP contribution in [-0.2, 0) is 11.2 Å². The molecule has 0 saturated carbocycles. The number of hydrogen-bond acceptors (Lipinski definition) is 2. The van der Waals surface area contributed by atoms with E-state index in [2.05, 4.69) is 24.0 Å². The number of aryl methyl sites for hydroxylation is 1. The number of benzene rings is 1. The van der Waals surface area contributed by atoms with E-state index in [4.69, 9.17) is 0 Å². The van der Waals surface area contributed by atoms with Crippen molar-refractivity contribution in [2.75, 3.05) is 0 Å². The van der Waals surface area contributed by atoms with Gasteiger partial charge >= 0.3 is 0 Å². The van der Waals surface area contributed by atoms with Crippen molar-refractivity contribution < 1.29 is 4.79 Å². The first kappa shape index (κ1) is 9.69. The van der Waals surface area contributed by atoms with Crippen LogP contribution in [0.1, 0.15) is 31.0 Å². The monoisotopic (exact) mass is 175 g/mol. The normalized spacial score (nSPS) is 11.8. The lowest BCUT2D eigenvalue weighted by molar-refractivity contribution is 0.559. The molecule has 1 aromatic carbocycles. The third kappa shape index (κ3) is 2.53. The standard InChI is InChI=1S/C11H13NO/c1-3-10-5-4-6-11(7-10)9(2)12-8-13/h4-7,9H,3H2,1-2H3. The number of isocyanates is 1. The minimum atomic E-state index is -0.0796. The number of nitrogens with zero attached hydrogens (tertiary/aromatic N) is 1. The van der Waals surface area contributed by atoms with Crippen LogP contribution in [0.15, 0.2) is 29.3 Å². The fraction of sp³-hybridized carbons (Fsp3) is 0.364. The Balaban J connectivity index is 2.94. The second-order valence-electron chi connectivity index (χ2n) is 2.99. The van der Waals surface area contributed by atoms with Crippen LogP contribution in [0.2, 0.25) is 0 Å². The minimum Gasteiger partial charge on any atom is -0.211 e. The number of hydrogen-bond donors (Lipinski definition) is 0. The predicted molar refractivity (Wildman–Crippen MR) is 52.4 cm³/mol. The Morgan fingerprint density at radius 3 is 2.92 bits per heavy atom. The first-order chi connectivity index (χ1) is 6.27. The second-order valence-corrected chi connectivity index (χ2v) is 2.99. The van der Waals surface area contributed by atoms with Gasteiger partial charge in [-0.05, 0) is 24.5 Å². The van der Waals surface area contributed by atoms with E-state index >= 15 is 0 Å². The smallest absolute Gasteiger partial charge is 0.211 e. The van der Waals surface area contributed by atoms with Crippen LogP contribution in [0.3, 0.4) is 0 Å². The molecule has 0 bridgehead atoms. The zero-order valence-electron chi connectivity index (χ0n) is 7.95. The Bertz CT molecular complexity index is 327. The maximum atomic E-state index is 10.1. The summed E-state index contributed by atoms with van der Waals surface area (Å²) in [5.74, 6) is 0. The highest BCUT2D eigenvalue weighted by molar-refractivity contribution is 5.36. The van der Waals surface area contributed by atoms with E-state index in [1.54, 1.807) is 6.08 Å². The molecule has 1 unspecified atom stereocenters. The summed E-state index contributed by atoms with van der Waals surface area (Å²) in [6.45, 7) is 3.99. The molecule has 68 valence electrons. The molecule has 0 heterocycles. The molecule has 1 rings (SSSR count). The largest absolute Gasteiger partial charge is 0.235 e. The SMILES string of the molecule is CCc1cccc(C(C)N=C=O)c1. The maximum absolute atomic E-state index is 10.1. The highest BCUT2D eigenvalue weighted by Crippen LogP contribution is 2.17. The van der Waals surface area contributed by atoms with Gasteiger partial charge in [-0.1, -0.05) is 31.2 Å². The van der Waals surface area contributed by atoms with Gasteiger partial charge in [0.1, 0.15) is 0 Å². The van der Waals surface area contributed by atoms with Gasteiger partial charge in [0.05, 0.1) is 6.04 Å². The van der Waals surface area contributed by atoms with Crippen molar-refractivity contribution in [3.05, 3.63) is 35.4 Å². The van der Waals surface area contributed by atoms with Crippen molar-refractivity contribution >= 4 is 6.08 Å². The molecule has 0 aromatic heterocycles. The van der Waals surface area contributed by atoms with Crippen LogP contribution < -0.4 is 0 Å². The Kier molecular flexibility index (Phi) is 3.41. The van der Waals surface area contributed by atoms with Crippen molar-refractivity contribution in [1.29, 1.82) is 0 Å². The molecule has 2 nitrogen and oxygen atoms in total. The molecule has 0 N–H and O–H groups in total. The van der Waals surface area contributed by atoms with Gasteiger partial charge < -0.3 is 0 Å². The summed E-state index contributed by atoms with van der Waals surface area (Å²) in [7, 11) is 0. The molecule has 0 saturated heterocycles. The van der Waals surface area contributed by atoms with E-state index in [9.17, 15) is 4.79 Å². The molecule has 2 heteroatoms. The van der Waals surface area contributed by atoms with Crippen molar-refractivity contribution in [3.63, 3.8) is 0 Å². The van der Waals surface area contributed by atoms with Crippen LogP contribution in [0.25, 0.3) is 0 Å². The van der Waals surface area contributed by atoms with Gasteiger partial charge in [0.2, 0.25) is 6.08 Å². The number of carbonyl (C=O) groups excluding carboxylic acids is 1. The van der Waals surface area contributed by atoms with Crippen LogP contribution in [-0.4, -0.2) is 6.08 Å². The molecular weight excluding hydrogens is 162 g/mol. The third-order valence-electron chi connectivity index (χ3n) is 2.09. The first-order valence-electron chi connectivity index (χ1n) is 4.43. The van der Waals surface area contributed by atoms with Gasteiger partial charge in [0, 0.05) is 0 Å². The van der Waals surface area contributed by atoms with Crippen molar-refractivity contribution in [2.24, 2.45) is 4.99 Å². The van der Waals surface area contributed by atoms with Crippen molar-refractivity contribution in [1.82, 2.24) is 0 Å². The van der Waals surface area contributed by atoms with Gasteiger partial charge in [-0.3, -0.25) is 0 Å². The quantitative estimate of drug-likeness (QED) is 0.513. The molecular formula is C11H13NO. The topological polar surface area (TPSA) is 29.4 Å². The molecule has 0 spiro atoms. The average molecular weight is 175 g/mol. The molecule has 0 aliphatic rings. The highest BCUT2D eigenvalue weighted by atomic mass is 16.1. The van der Waals surface area contributed by atoms with Crippen LogP contribution in [0, 0.1) is 0 Å². The fourth-order valence-electron chi connectivity index (χ4n) is 1.23. The van der Waals surface area contributed by atoms with Crippen LogP contribution in [0.4, 0.5) is 0 Å². The Morgan fingerprint density at radius 1 is 1.54 bits per heavy atom. The first-order valence-corrected chi connectivity index (χ1v) is 4.43. The van der Waals surface area contributed by atoms with E-state index in [1.807, 2.05) is 19.1 Å². The lowest BCUT2D eigenvalue weighted by Crippen LogP contribution is -1.90. The van der Waals surface area contributed by atoms with Crippen LogP contribution >= 0.6 is 0 Å². The zero-order chi connectivity index (χ0) is 9.68. The van der Waals surface area contributed by atoms with Gasteiger partial charge in [-0.15, -0.1) is 0 Å². The summed E-state index contributed by atoms with van der Waals surface area (Å²) >= 11 is 0. The summed E-state index contributed by atoms with van der Waals surface area (Å²) < 4.78 is 0. The second kappa shape index (κ2) is 4.58. The number of rotatable bonds is 3. The predicted octanol–water partition coefficient (Wildman–Crippen LogP) is 2.65. The Labute approximate surface area is 78.3 Å². The molecule has 1 aromatic rings. The van der Waals surface area contributed by atoms with Crippen molar-refractivity contribution in [2.45, 2.75) is 26.3 Å². The lowest BCUT2D eigenvalue weighted by atomic mass is 10.0. The molecule has 0 amide bonds. The molecule has 0 fully saturated rings. The lowest BCUT2D eigenvalue weighted by Gasteiger charge is -2.05. The van der Waals surface area contributed by atoms with Gasteiger partial charge in [0.15, 0.2) is 0 Å². The van der Waals surface area contributed by atoms with E-state index in [1.165, 1.54) is 5.56 Å². The number of aliphatic imine (C=N–C) groups is 1. The molecule has 0 aliphatic heterocycles. The summed E-state index contributed by atoms with van der Waals surface area (Å²) in [5.41, 5.74) is 2.34. The summed E-state index contributed by atoms with van der Waals surface area (Å²) in [6, 6.07) is 8.03. The van der Waals surface area contributed by atoms with E-state index in [-0.39, 0.29) is 6.04 Å². The van der Waals surface area contributed by atoms with Gasteiger partial charge in [-0.2, -0.15) is 4.99 Å². The molecule has 13 heavy (non-hydrogen) atoms. The van der Waals surface area contributed by atoms with Gasteiger partial charge in [-0.25, -0.2) is 4.79 Å². The van der Waals surface area contributed by atoms with Gasteiger partial charge in [0.25, 0.3) is 0 Å². The maximum Gasteiger partial charge on any atom is 0.235 e. The fourth-order valence-corrected chi connectivity index (χ4v) is 1.23. The summed E-state index contributed by atoms with van der Waals surface area (Å²) in [5, 5.41) is 0. The van der Waals surface area contributed by atoms with Crippen LogP contribution in [0.5, 0.6) is 0 Å². The summed E-state index contributed by atoms with van der Waals surface area (Å²) in [4.78, 5) is 13.7. The minimum absolute atomic E-state index is 0.0796. The molecule has 1 atom stereocenters. The molecule has 0 radical (unpaired) electrons. The molecule has 0 aliphatic carbocycles. The summed E-state index contributed by atoms with van der Waals surface area (Å²) in [6.07, 6.45) is 2.58. The zero-order valence-corrected chi connectivity index (χ0v) is 7.95. The average Bonchev–Trinajstić information content (AvgIpc) is 2.18. The van der Waals surface area contributed by atoms with Crippen molar-refractivity contribution in [3.8, 4) is 0 Å². The van der Waals surface area contributed by atoms with E-state index < -0.39 is 0 Å². The Hall–Kier alpha value is -1.40.